The van der Waals surface area contributed by atoms with Crippen LogP contribution in [0.25, 0.3) is 0 Å². The SMILES string of the molecule is CNC(=O)[C@@H]1[C@@H](c2ccccc2)[C@]2(c3ccc(OC)cc3)Oc3cc(OC)cc(OC)c3[C@]2(O)[C@H]1OC(C)=O. The lowest BCUT2D eigenvalue weighted by atomic mass is 9.70. The number of rotatable bonds is 7. The normalized spacial score (nSPS) is 26.6. The number of fused-ring (bicyclic) bond motifs is 3. The molecular formula is C30H31NO8. The molecule has 204 valence electrons. The molecule has 5 rings (SSSR count). The Morgan fingerprint density at radius 1 is 0.923 bits per heavy atom. The molecule has 0 radical (unpaired) electrons. The summed E-state index contributed by atoms with van der Waals surface area (Å²) >= 11 is 0. The second kappa shape index (κ2) is 9.81. The number of aliphatic hydroxyl groups is 1. The zero-order valence-electron chi connectivity index (χ0n) is 22.4. The topological polar surface area (TPSA) is 113 Å². The van der Waals surface area contributed by atoms with Crippen molar-refractivity contribution in [2.24, 2.45) is 5.92 Å². The maximum absolute atomic E-state index is 13.7. The number of ether oxygens (including phenoxy) is 5. The van der Waals surface area contributed by atoms with Crippen LogP contribution in [0, 0.1) is 5.92 Å². The first-order chi connectivity index (χ1) is 18.8. The van der Waals surface area contributed by atoms with Crippen LogP contribution in [0.5, 0.6) is 23.0 Å². The molecule has 2 N–H and O–H groups in total. The van der Waals surface area contributed by atoms with E-state index < -0.39 is 41.0 Å². The molecule has 1 saturated carbocycles. The van der Waals surface area contributed by atoms with Gasteiger partial charge in [0.1, 0.15) is 23.0 Å². The Morgan fingerprint density at radius 3 is 2.15 bits per heavy atom. The third kappa shape index (κ3) is 3.71. The van der Waals surface area contributed by atoms with E-state index in [-0.39, 0.29) is 17.1 Å². The summed E-state index contributed by atoms with van der Waals surface area (Å²) in [4.78, 5) is 26.2. The predicted octanol–water partition coefficient (Wildman–Crippen LogP) is 3.28. The van der Waals surface area contributed by atoms with Crippen molar-refractivity contribution >= 4 is 11.9 Å². The van der Waals surface area contributed by atoms with Gasteiger partial charge in [-0.05, 0) is 23.3 Å². The Kier molecular flexibility index (Phi) is 6.64. The minimum absolute atomic E-state index is 0.264. The minimum atomic E-state index is -2.06. The maximum Gasteiger partial charge on any atom is 0.303 e. The van der Waals surface area contributed by atoms with Gasteiger partial charge in [0.2, 0.25) is 5.91 Å². The monoisotopic (exact) mass is 533 g/mol. The second-order valence-electron chi connectivity index (χ2n) is 9.59. The fourth-order valence-corrected chi connectivity index (χ4v) is 6.27. The van der Waals surface area contributed by atoms with Gasteiger partial charge < -0.3 is 34.1 Å². The van der Waals surface area contributed by atoms with Crippen molar-refractivity contribution in [2.45, 2.75) is 30.1 Å². The number of benzene rings is 3. The van der Waals surface area contributed by atoms with Crippen LogP contribution in [0.15, 0.2) is 66.7 Å². The smallest absolute Gasteiger partial charge is 0.303 e. The molecule has 1 aliphatic carbocycles. The predicted molar refractivity (Wildman–Crippen MR) is 141 cm³/mol. The highest BCUT2D eigenvalue weighted by Gasteiger charge is 2.79. The molecule has 1 amide bonds. The number of hydrogen-bond acceptors (Lipinski definition) is 8. The zero-order valence-corrected chi connectivity index (χ0v) is 22.4. The summed E-state index contributed by atoms with van der Waals surface area (Å²) in [6.07, 6.45) is -1.34. The summed E-state index contributed by atoms with van der Waals surface area (Å²) < 4.78 is 29.3. The molecule has 3 aromatic rings. The Balaban J connectivity index is 1.92. The lowest BCUT2D eigenvalue weighted by Crippen LogP contribution is -2.53. The van der Waals surface area contributed by atoms with Crippen LogP contribution in [-0.2, 0) is 25.5 Å². The molecule has 0 aromatic heterocycles. The quantitative estimate of drug-likeness (QED) is 0.445. The number of carbonyl (C=O) groups is 2. The van der Waals surface area contributed by atoms with Crippen molar-refractivity contribution in [1.29, 1.82) is 0 Å². The van der Waals surface area contributed by atoms with Gasteiger partial charge >= 0.3 is 5.97 Å². The summed E-state index contributed by atoms with van der Waals surface area (Å²) in [6, 6.07) is 19.7. The zero-order chi connectivity index (χ0) is 27.9. The van der Waals surface area contributed by atoms with E-state index in [1.165, 1.54) is 28.2 Å². The summed E-state index contributed by atoms with van der Waals surface area (Å²) in [5, 5.41) is 15.8. The first kappa shape index (κ1) is 26.4. The van der Waals surface area contributed by atoms with Gasteiger partial charge in [0.15, 0.2) is 17.3 Å². The lowest BCUT2D eigenvalue weighted by Gasteiger charge is -2.41. The van der Waals surface area contributed by atoms with E-state index in [9.17, 15) is 14.7 Å². The Morgan fingerprint density at radius 2 is 1.59 bits per heavy atom. The van der Waals surface area contributed by atoms with E-state index >= 15 is 0 Å². The summed E-state index contributed by atoms with van der Waals surface area (Å²) in [5.74, 6) is -1.30. The summed E-state index contributed by atoms with van der Waals surface area (Å²) in [5.41, 5.74) is -2.15. The molecule has 5 atom stereocenters. The standard InChI is InChI=1S/C30H31NO8/c1-17(32)38-27-24(28(33)31-2)25(18-9-7-6-8-10-18)30(19-11-13-20(35-3)14-12-19)29(27,34)26-22(37-5)15-21(36-4)16-23(26)39-30/h6-16,24-25,27,34H,1-5H3,(H,31,33)/t24-,25-,27+,29+,30+/m1/s1. The van der Waals surface area contributed by atoms with Gasteiger partial charge in [0, 0.05) is 32.0 Å². The molecule has 1 aliphatic heterocycles. The molecule has 0 unspecified atom stereocenters. The molecule has 2 aliphatic rings. The highest BCUT2D eigenvalue weighted by Crippen LogP contribution is 2.70. The average molecular weight is 534 g/mol. The minimum Gasteiger partial charge on any atom is -0.497 e. The lowest BCUT2D eigenvalue weighted by molar-refractivity contribution is -0.183. The van der Waals surface area contributed by atoms with E-state index in [2.05, 4.69) is 5.32 Å². The molecule has 1 heterocycles. The van der Waals surface area contributed by atoms with Crippen LogP contribution in [0.4, 0.5) is 0 Å². The molecule has 9 nitrogen and oxygen atoms in total. The van der Waals surface area contributed by atoms with E-state index in [0.717, 1.165) is 0 Å². The van der Waals surface area contributed by atoms with Gasteiger partial charge in [0.25, 0.3) is 0 Å². The number of nitrogens with one attached hydrogen (secondary N) is 1. The molecule has 1 fully saturated rings. The van der Waals surface area contributed by atoms with Gasteiger partial charge in [-0.15, -0.1) is 0 Å². The van der Waals surface area contributed by atoms with Gasteiger partial charge in [-0.25, -0.2) is 0 Å². The fraction of sp³-hybridized carbons (Fsp3) is 0.333. The number of hydrogen-bond donors (Lipinski definition) is 2. The van der Waals surface area contributed by atoms with Crippen molar-refractivity contribution in [2.75, 3.05) is 28.4 Å². The van der Waals surface area contributed by atoms with E-state index in [1.807, 2.05) is 30.3 Å². The molecule has 0 saturated heterocycles. The molecule has 3 aromatic carbocycles. The number of esters is 1. The van der Waals surface area contributed by atoms with Crippen LogP contribution < -0.4 is 24.3 Å². The van der Waals surface area contributed by atoms with Crippen molar-refractivity contribution in [3.05, 3.63) is 83.4 Å². The highest BCUT2D eigenvalue weighted by molar-refractivity contribution is 5.83. The molecule has 0 spiro atoms. The Hall–Kier alpha value is -4.24. The third-order valence-electron chi connectivity index (χ3n) is 7.77. The van der Waals surface area contributed by atoms with Crippen molar-refractivity contribution in [1.82, 2.24) is 5.32 Å². The highest BCUT2D eigenvalue weighted by atomic mass is 16.6. The molecule has 9 heteroatoms. The summed E-state index contributed by atoms with van der Waals surface area (Å²) in [6.45, 7) is 1.25. The van der Waals surface area contributed by atoms with Crippen molar-refractivity contribution < 1.29 is 38.4 Å². The van der Waals surface area contributed by atoms with Gasteiger partial charge in [0.05, 0.1) is 32.8 Å². The van der Waals surface area contributed by atoms with E-state index in [4.69, 9.17) is 23.7 Å². The largest absolute Gasteiger partial charge is 0.497 e. The van der Waals surface area contributed by atoms with E-state index in [0.29, 0.717) is 22.6 Å². The maximum atomic E-state index is 13.7. The first-order valence-electron chi connectivity index (χ1n) is 12.5. The molecular weight excluding hydrogens is 502 g/mol. The third-order valence-corrected chi connectivity index (χ3v) is 7.77. The van der Waals surface area contributed by atoms with Crippen molar-refractivity contribution in [3.63, 3.8) is 0 Å². The van der Waals surface area contributed by atoms with Gasteiger partial charge in [-0.3, -0.25) is 9.59 Å². The number of carbonyl (C=O) groups excluding carboxylic acids is 2. The average Bonchev–Trinajstić information content (AvgIpc) is 3.34. The van der Waals surface area contributed by atoms with Crippen LogP contribution in [-0.4, -0.2) is 51.5 Å². The number of methoxy groups -OCH3 is 3. The molecule has 0 bridgehead atoms. The van der Waals surface area contributed by atoms with Crippen LogP contribution in [0.2, 0.25) is 0 Å². The first-order valence-corrected chi connectivity index (χ1v) is 12.5. The van der Waals surface area contributed by atoms with E-state index in [1.54, 1.807) is 43.5 Å². The Labute approximate surface area is 226 Å². The second-order valence-corrected chi connectivity index (χ2v) is 9.59. The fourth-order valence-electron chi connectivity index (χ4n) is 6.27. The number of amides is 1. The van der Waals surface area contributed by atoms with Crippen molar-refractivity contribution in [3.8, 4) is 23.0 Å². The Bertz CT molecular complexity index is 1390. The van der Waals surface area contributed by atoms with Gasteiger partial charge in [-0.1, -0.05) is 42.5 Å². The van der Waals surface area contributed by atoms with Gasteiger partial charge in [-0.2, -0.15) is 0 Å². The van der Waals surface area contributed by atoms with Crippen LogP contribution in [0.3, 0.4) is 0 Å². The summed E-state index contributed by atoms with van der Waals surface area (Å²) in [7, 11) is 6.05. The molecule has 39 heavy (non-hydrogen) atoms. The van der Waals surface area contributed by atoms with Crippen LogP contribution in [0.1, 0.15) is 29.5 Å². The van der Waals surface area contributed by atoms with Crippen LogP contribution >= 0.6 is 0 Å².